The van der Waals surface area contributed by atoms with E-state index < -0.39 is 24.3 Å². The second-order valence-electron chi connectivity index (χ2n) is 4.71. The minimum atomic E-state index is -4.58. The highest BCUT2D eigenvalue weighted by molar-refractivity contribution is 5.85. The molecule has 3 unspecified atom stereocenters. The zero-order valence-corrected chi connectivity index (χ0v) is 9.30. The molecule has 2 fully saturated rings. The lowest BCUT2D eigenvalue weighted by molar-refractivity contribution is -0.183. The van der Waals surface area contributed by atoms with Gasteiger partial charge in [-0.1, -0.05) is 0 Å². The Morgan fingerprint density at radius 1 is 1.41 bits per heavy atom. The van der Waals surface area contributed by atoms with Crippen molar-refractivity contribution in [1.29, 1.82) is 0 Å². The zero-order valence-electron chi connectivity index (χ0n) is 9.30. The molecule has 7 heteroatoms. The highest BCUT2D eigenvalue weighted by Crippen LogP contribution is 2.36. The molecule has 98 valence electrons. The van der Waals surface area contributed by atoms with Crippen LogP contribution in [0.25, 0.3) is 0 Å². The van der Waals surface area contributed by atoms with Gasteiger partial charge in [0, 0.05) is 25.2 Å². The SMILES string of the molecule is CC1CC2CNCC2N1C(=O)C(F)(F)C(F)F. The van der Waals surface area contributed by atoms with E-state index in [2.05, 4.69) is 5.32 Å². The van der Waals surface area contributed by atoms with Crippen LogP contribution >= 0.6 is 0 Å². The second-order valence-corrected chi connectivity index (χ2v) is 4.71. The Hall–Kier alpha value is -0.850. The Morgan fingerprint density at radius 2 is 2.06 bits per heavy atom. The van der Waals surface area contributed by atoms with Crippen molar-refractivity contribution in [3.63, 3.8) is 0 Å². The Morgan fingerprint density at radius 3 is 2.65 bits per heavy atom. The first-order valence-electron chi connectivity index (χ1n) is 5.55. The number of carbonyl (C=O) groups is 1. The van der Waals surface area contributed by atoms with Crippen LogP contribution in [0.1, 0.15) is 13.3 Å². The van der Waals surface area contributed by atoms with E-state index in [0.29, 0.717) is 19.5 Å². The maximum Gasteiger partial charge on any atom is 0.383 e. The van der Waals surface area contributed by atoms with Crippen molar-refractivity contribution in [3.05, 3.63) is 0 Å². The van der Waals surface area contributed by atoms with Gasteiger partial charge in [-0.3, -0.25) is 4.79 Å². The van der Waals surface area contributed by atoms with Gasteiger partial charge in [0.25, 0.3) is 5.91 Å². The molecule has 2 saturated heterocycles. The van der Waals surface area contributed by atoms with Gasteiger partial charge in [0.15, 0.2) is 0 Å². The van der Waals surface area contributed by atoms with Crippen LogP contribution in [0, 0.1) is 5.92 Å². The number of fused-ring (bicyclic) bond motifs is 1. The number of hydrogen-bond donors (Lipinski definition) is 1. The van der Waals surface area contributed by atoms with Crippen LogP contribution in [0.5, 0.6) is 0 Å². The summed E-state index contributed by atoms with van der Waals surface area (Å²) in [5.74, 6) is -6.22. The summed E-state index contributed by atoms with van der Waals surface area (Å²) < 4.78 is 50.5. The predicted octanol–water partition coefficient (Wildman–Crippen LogP) is 1.10. The Kier molecular flexibility index (Phi) is 3.05. The summed E-state index contributed by atoms with van der Waals surface area (Å²) in [6, 6.07) is -0.772. The minimum absolute atomic E-state index is 0.0995. The lowest BCUT2D eigenvalue weighted by Crippen LogP contribution is -2.53. The Bertz CT molecular complexity index is 323. The molecule has 0 aromatic heterocycles. The van der Waals surface area contributed by atoms with E-state index in [4.69, 9.17) is 0 Å². The average Bonchev–Trinajstić information content (AvgIpc) is 2.75. The molecule has 0 aromatic carbocycles. The maximum atomic E-state index is 13.1. The number of rotatable bonds is 2. The van der Waals surface area contributed by atoms with E-state index in [-0.39, 0.29) is 12.0 Å². The van der Waals surface area contributed by atoms with Gasteiger partial charge in [-0.2, -0.15) is 8.78 Å². The van der Waals surface area contributed by atoms with Crippen LogP contribution in [0.3, 0.4) is 0 Å². The fraction of sp³-hybridized carbons (Fsp3) is 0.900. The molecule has 1 amide bonds. The normalized spacial score (nSPS) is 33.3. The first kappa shape index (κ1) is 12.6. The van der Waals surface area contributed by atoms with Crippen molar-refractivity contribution < 1.29 is 22.4 Å². The van der Waals surface area contributed by atoms with Gasteiger partial charge in [-0.15, -0.1) is 0 Å². The van der Waals surface area contributed by atoms with Crippen LogP contribution in [-0.4, -0.2) is 48.3 Å². The molecule has 17 heavy (non-hydrogen) atoms. The fourth-order valence-corrected chi connectivity index (χ4v) is 2.78. The van der Waals surface area contributed by atoms with Gasteiger partial charge in [0.05, 0.1) is 0 Å². The lowest BCUT2D eigenvalue weighted by Gasteiger charge is -2.30. The summed E-state index contributed by atoms with van der Waals surface area (Å²) in [5, 5.41) is 2.98. The molecule has 0 bridgehead atoms. The van der Waals surface area contributed by atoms with E-state index >= 15 is 0 Å². The first-order chi connectivity index (χ1) is 7.85. The van der Waals surface area contributed by atoms with Crippen molar-refractivity contribution in [2.24, 2.45) is 5.92 Å². The van der Waals surface area contributed by atoms with Crippen LogP contribution in [0.2, 0.25) is 0 Å². The summed E-state index contributed by atoms with van der Waals surface area (Å²) >= 11 is 0. The van der Waals surface area contributed by atoms with Crippen molar-refractivity contribution in [2.75, 3.05) is 13.1 Å². The highest BCUT2D eigenvalue weighted by atomic mass is 19.3. The first-order valence-corrected chi connectivity index (χ1v) is 5.55. The smallest absolute Gasteiger partial charge is 0.330 e. The third-order valence-corrected chi connectivity index (χ3v) is 3.57. The average molecular weight is 254 g/mol. The van der Waals surface area contributed by atoms with Crippen molar-refractivity contribution in [3.8, 4) is 0 Å². The molecule has 2 heterocycles. The monoisotopic (exact) mass is 254 g/mol. The van der Waals surface area contributed by atoms with Gasteiger partial charge >= 0.3 is 12.3 Å². The van der Waals surface area contributed by atoms with E-state index in [1.54, 1.807) is 6.92 Å². The number of hydrogen-bond acceptors (Lipinski definition) is 2. The molecular formula is C10H14F4N2O. The molecule has 3 atom stereocenters. The summed E-state index contributed by atoms with van der Waals surface area (Å²) in [5.41, 5.74) is 0. The summed E-state index contributed by atoms with van der Waals surface area (Å²) in [7, 11) is 0. The van der Waals surface area contributed by atoms with Gasteiger partial charge in [0.2, 0.25) is 0 Å². The molecule has 2 aliphatic rings. The van der Waals surface area contributed by atoms with Crippen LogP contribution in [0.4, 0.5) is 17.6 Å². The molecule has 2 rings (SSSR count). The predicted molar refractivity (Wildman–Crippen MR) is 52.0 cm³/mol. The molecule has 0 radical (unpaired) electrons. The van der Waals surface area contributed by atoms with Gasteiger partial charge in [-0.25, -0.2) is 8.78 Å². The highest BCUT2D eigenvalue weighted by Gasteiger charge is 2.56. The summed E-state index contributed by atoms with van der Waals surface area (Å²) in [6.07, 6.45) is -3.36. The number of nitrogens with zero attached hydrogens (tertiary/aromatic N) is 1. The molecule has 0 aromatic rings. The topological polar surface area (TPSA) is 32.3 Å². The van der Waals surface area contributed by atoms with E-state index in [9.17, 15) is 22.4 Å². The standard InChI is InChI=1S/C10H14F4N2O/c1-5-2-6-3-15-4-7(6)16(5)9(17)10(13,14)8(11)12/h5-8,15H,2-4H2,1H3. The van der Waals surface area contributed by atoms with Crippen LogP contribution in [-0.2, 0) is 4.79 Å². The maximum absolute atomic E-state index is 13.1. The van der Waals surface area contributed by atoms with Crippen LogP contribution in [0.15, 0.2) is 0 Å². The molecule has 2 aliphatic heterocycles. The molecular weight excluding hydrogens is 240 g/mol. The molecule has 3 nitrogen and oxygen atoms in total. The van der Waals surface area contributed by atoms with Gasteiger partial charge in [0.1, 0.15) is 0 Å². The lowest BCUT2D eigenvalue weighted by atomic mass is 10.0. The van der Waals surface area contributed by atoms with Gasteiger partial charge < -0.3 is 10.2 Å². The van der Waals surface area contributed by atoms with Gasteiger partial charge in [-0.05, 0) is 19.3 Å². The largest absolute Gasteiger partial charge is 0.383 e. The molecule has 1 N–H and O–H groups in total. The number of carbonyl (C=O) groups excluding carboxylic acids is 1. The number of nitrogens with one attached hydrogen (secondary N) is 1. The van der Waals surface area contributed by atoms with E-state index in [1.165, 1.54) is 0 Å². The zero-order chi connectivity index (χ0) is 12.8. The minimum Gasteiger partial charge on any atom is -0.330 e. The molecule has 0 spiro atoms. The quantitative estimate of drug-likeness (QED) is 0.748. The fourth-order valence-electron chi connectivity index (χ4n) is 2.78. The third-order valence-electron chi connectivity index (χ3n) is 3.57. The van der Waals surface area contributed by atoms with Crippen molar-refractivity contribution in [1.82, 2.24) is 10.2 Å². The molecule has 0 aliphatic carbocycles. The number of halogens is 4. The molecule has 0 saturated carbocycles. The number of likely N-dealkylation sites (tertiary alicyclic amines) is 1. The van der Waals surface area contributed by atoms with Crippen molar-refractivity contribution in [2.45, 2.75) is 37.8 Å². The summed E-state index contributed by atoms with van der Waals surface area (Å²) in [6.45, 7) is 2.68. The van der Waals surface area contributed by atoms with Crippen molar-refractivity contribution >= 4 is 5.91 Å². The number of alkyl halides is 4. The number of amides is 1. The second kappa shape index (κ2) is 4.12. The Balaban J connectivity index is 2.19. The third kappa shape index (κ3) is 1.90. The van der Waals surface area contributed by atoms with E-state index in [0.717, 1.165) is 4.90 Å². The Labute approximate surface area is 96.1 Å². The van der Waals surface area contributed by atoms with Crippen LogP contribution < -0.4 is 5.32 Å². The van der Waals surface area contributed by atoms with E-state index in [1.807, 2.05) is 0 Å². The summed E-state index contributed by atoms with van der Waals surface area (Å²) in [4.78, 5) is 12.5.